The molecule has 1 unspecified atom stereocenters. The van der Waals surface area contributed by atoms with Gasteiger partial charge in [0.05, 0.1) is 5.52 Å². The van der Waals surface area contributed by atoms with E-state index in [0.29, 0.717) is 6.04 Å². The van der Waals surface area contributed by atoms with Gasteiger partial charge in [0.2, 0.25) is 0 Å². The Labute approximate surface area is 204 Å². The monoisotopic (exact) mass is 452 g/mol. The minimum absolute atomic E-state index is 0.332. The van der Waals surface area contributed by atoms with Gasteiger partial charge >= 0.3 is 0 Å². The van der Waals surface area contributed by atoms with Gasteiger partial charge in [-0.15, -0.1) is 0 Å². The fraction of sp³-hybridized carbons (Fsp3) is 0.333. The molecule has 0 radical (unpaired) electrons. The highest BCUT2D eigenvalue weighted by Crippen LogP contribution is 2.29. The van der Waals surface area contributed by atoms with Crippen LogP contribution in [0.2, 0.25) is 0 Å². The Kier molecular flexibility index (Phi) is 7.91. The van der Waals surface area contributed by atoms with Crippen LogP contribution in [0.3, 0.4) is 0 Å². The van der Waals surface area contributed by atoms with Crippen molar-refractivity contribution in [1.29, 1.82) is 0 Å². The smallest absolute Gasteiger partial charge is 0.162 e. The van der Waals surface area contributed by atoms with Crippen LogP contribution in [0.1, 0.15) is 39.2 Å². The van der Waals surface area contributed by atoms with E-state index in [9.17, 15) is 0 Å². The average molecular weight is 453 g/mol. The molecule has 1 heterocycles. The van der Waals surface area contributed by atoms with Crippen molar-refractivity contribution in [1.82, 2.24) is 14.9 Å². The topological polar surface area (TPSA) is 41.0 Å². The van der Waals surface area contributed by atoms with Crippen molar-refractivity contribution in [2.75, 3.05) is 25.0 Å². The molecule has 4 heteroatoms. The molecule has 0 spiro atoms. The highest BCUT2D eigenvalue weighted by atomic mass is 15.1. The van der Waals surface area contributed by atoms with E-state index in [1.165, 1.54) is 23.1 Å². The summed E-state index contributed by atoms with van der Waals surface area (Å²) in [4.78, 5) is 12.5. The van der Waals surface area contributed by atoms with Gasteiger partial charge in [-0.3, -0.25) is 0 Å². The maximum Gasteiger partial charge on any atom is 0.162 e. The van der Waals surface area contributed by atoms with Crippen molar-refractivity contribution in [2.24, 2.45) is 0 Å². The molecule has 4 nitrogen and oxygen atoms in total. The van der Waals surface area contributed by atoms with E-state index < -0.39 is 0 Å². The predicted molar refractivity (Wildman–Crippen MR) is 145 cm³/mol. The molecule has 0 fully saturated rings. The van der Waals surface area contributed by atoms with Gasteiger partial charge in [0, 0.05) is 17.0 Å². The molecule has 0 aliphatic rings. The summed E-state index contributed by atoms with van der Waals surface area (Å²) in [5.74, 6) is 1.68. The molecule has 4 rings (SSSR count). The fourth-order valence-electron chi connectivity index (χ4n) is 4.41. The lowest BCUT2D eigenvalue weighted by Crippen LogP contribution is -2.25. The Morgan fingerprint density at radius 3 is 2.32 bits per heavy atom. The average Bonchev–Trinajstić information content (AvgIpc) is 2.87. The lowest BCUT2D eigenvalue weighted by Gasteiger charge is -2.20. The molecule has 0 bridgehead atoms. The van der Waals surface area contributed by atoms with Gasteiger partial charge in [-0.2, -0.15) is 0 Å². The molecule has 1 aromatic heterocycles. The van der Waals surface area contributed by atoms with Crippen LogP contribution in [-0.2, 0) is 0 Å². The third kappa shape index (κ3) is 5.81. The quantitative estimate of drug-likeness (QED) is 0.276. The van der Waals surface area contributed by atoms with E-state index in [2.05, 4.69) is 105 Å². The van der Waals surface area contributed by atoms with Crippen molar-refractivity contribution in [3.05, 3.63) is 78.4 Å². The second-order valence-electron chi connectivity index (χ2n) is 9.08. The first-order valence-corrected chi connectivity index (χ1v) is 12.5. The molecule has 0 saturated heterocycles. The number of aryl methyl sites for hydroxylation is 1. The summed E-state index contributed by atoms with van der Waals surface area (Å²) >= 11 is 0. The zero-order valence-corrected chi connectivity index (χ0v) is 20.9. The Morgan fingerprint density at radius 2 is 1.56 bits per heavy atom. The van der Waals surface area contributed by atoms with Crippen LogP contribution in [0.15, 0.2) is 72.8 Å². The van der Waals surface area contributed by atoms with E-state index >= 15 is 0 Å². The van der Waals surface area contributed by atoms with Crippen molar-refractivity contribution in [2.45, 2.75) is 46.6 Å². The zero-order valence-electron chi connectivity index (χ0n) is 20.9. The highest BCUT2D eigenvalue weighted by Gasteiger charge is 2.13. The molecule has 0 saturated carbocycles. The van der Waals surface area contributed by atoms with Crippen LogP contribution < -0.4 is 5.32 Å². The molecular weight excluding hydrogens is 416 g/mol. The van der Waals surface area contributed by atoms with E-state index in [-0.39, 0.29) is 0 Å². The summed E-state index contributed by atoms with van der Waals surface area (Å²) < 4.78 is 0. The van der Waals surface area contributed by atoms with E-state index in [4.69, 9.17) is 9.97 Å². The standard InChI is InChI=1S/C30H36N4/c1-5-34(6-2)19-11-12-23(4)31-30-27-18-17-22(3)20-28(27)32-29(33-30)26-16-10-15-25(21-26)24-13-8-7-9-14-24/h7-10,13-18,20-21,23H,5-6,11-12,19H2,1-4H3,(H,31,32,33). The molecule has 0 amide bonds. The number of rotatable bonds is 10. The Hall–Kier alpha value is -3.24. The SMILES string of the molecule is CCN(CC)CCCC(C)Nc1nc(-c2cccc(-c3ccccc3)c2)nc2cc(C)ccc12. The minimum atomic E-state index is 0.332. The molecule has 0 aliphatic heterocycles. The van der Waals surface area contributed by atoms with Crippen LogP contribution in [0, 0.1) is 6.92 Å². The number of anilines is 1. The summed E-state index contributed by atoms with van der Waals surface area (Å²) in [6.07, 6.45) is 2.27. The van der Waals surface area contributed by atoms with Crippen LogP contribution in [0.25, 0.3) is 33.4 Å². The number of aromatic nitrogens is 2. The van der Waals surface area contributed by atoms with Crippen molar-refractivity contribution in [3.63, 3.8) is 0 Å². The molecule has 3 aromatic carbocycles. The maximum atomic E-state index is 5.02. The molecule has 1 atom stereocenters. The predicted octanol–water partition coefficient (Wildman–Crippen LogP) is 7.19. The summed E-state index contributed by atoms with van der Waals surface area (Å²) in [7, 11) is 0. The lowest BCUT2D eigenvalue weighted by atomic mass is 10.0. The van der Waals surface area contributed by atoms with Gasteiger partial charge in [-0.25, -0.2) is 9.97 Å². The fourth-order valence-corrected chi connectivity index (χ4v) is 4.41. The normalized spacial score (nSPS) is 12.3. The number of fused-ring (bicyclic) bond motifs is 1. The van der Waals surface area contributed by atoms with Crippen molar-refractivity contribution in [3.8, 4) is 22.5 Å². The first-order valence-electron chi connectivity index (χ1n) is 12.5. The van der Waals surface area contributed by atoms with Gasteiger partial charge in [0.1, 0.15) is 5.82 Å². The molecule has 34 heavy (non-hydrogen) atoms. The van der Waals surface area contributed by atoms with Crippen LogP contribution in [0.5, 0.6) is 0 Å². The summed E-state index contributed by atoms with van der Waals surface area (Å²) in [6, 6.07) is 25.7. The second-order valence-corrected chi connectivity index (χ2v) is 9.08. The summed E-state index contributed by atoms with van der Waals surface area (Å²) in [6.45, 7) is 12.2. The summed E-state index contributed by atoms with van der Waals surface area (Å²) in [5.41, 5.74) is 5.58. The molecule has 0 aliphatic carbocycles. The maximum absolute atomic E-state index is 5.02. The number of hydrogen-bond acceptors (Lipinski definition) is 4. The Balaban J connectivity index is 1.63. The first kappa shape index (κ1) is 23.9. The Morgan fingerprint density at radius 1 is 0.824 bits per heavy atom. The number of nitrogens with zero attached hydrogens (tertiary/aromatic N) is 3. The third-order valence-corrected chi connectivity index (χ3v) is 6.47. The van der Waals surface area contributed by atoms with E-state index in [1.807, 2.05) is 6.07 Å². The van der Waals surface area contributed by atoms with Gasteiger partial charge < -0.3 is 10.2 Å². The summed E-state index contributed by atoms with van der Waals surface area (Å²) in [5, 5.41) is 4.77. The molecule has 4 aromatic rings. The van der Waals surface area contributed by atoms with Crippen molar-refractivity contribution < 1.29 is 0 Å². The van der Waals surface area contributed by atoms with Gasteiger partial charge in [0.15, 0.2) is 5.82 Å². The minimum Gasteiger partial charge on any atom is -0.367 e. The van der Waals surface area contributed by atoms with Gasteiger partial charge in [0.25, 0.3) is 0 Å². The number of benzene rings is 3. The van der Waals surface area contributed by atoms with Crippen molar-refractivity contribution >= 4 is 16.7 Å². The van der Waals surface area contributed by atoms with Crippen LogP contribution in [0.4, 0.5) is 5.82 Å². The van der Waals surface area contributed by atoms with Gasteiger partial charge in [-0.1, -0.05) is 68.4 Å². The lowest BCUT2D eigenvalue weighted by molar-refractivity contribution is 0.295. The van der Waals surface area contributed by atoms with E-state index in [0.717, 1.165) is 54.2 Å². The number of hydrogen-bond donors (Lipinski definition) is 1. The Bertz CT molecular complexity index is 1220. The van der Waals surface area contributed by atoms with Crippen LogP contribution >= 0.6 is 0 Å². The number of nitrogens with one attached hydrogen (secondary N) is 1. The van der Waals surface area contributed by atoms with Crippen LogP contribution in [-0.4, -0.2) is 40.5 Å². The first-order chi connectivity index (χ1) is 16.6. The molecule has 1 N–H and O–H groups in total. The largest absolute Gasteiger partial charge is 0.367 e. The highest BCUT2D eigenvalue weighted by molar-refractivity contribution is 5.91. The molecular formula is C30H36N4. The third-order valence-electron chi connectivity index (χ3n) is 6.47. The molecule has 176 valence electrons. The second kappa shape index (κ2) is 11.3. The van der Waals surface area contributed by atoms with Gasteiger partial charge in [-0.05, 0) is 81.2 Å². The van der Waals surface area contributed by atoms with E-state index in [1.54, 1.807) is 0 Å². The zero-order chi connectivity index (χ0) is 23.9.